The Balaban J connectivity index is 1.62. The Morgan fingerprint density at radius 3 is 2.77 bits per heavy atom. The second kappa shape index (κ2) is 8.08. The van der Waals surface area contributed by atoms with Crippen LogP contribution in [0.2, 0.25) is 0 Å². The van der Waals surface area contributed by atoms with E-state index in [1.165, 1.54) is 12.1 Å². The van der Waals surface area contributed by atoms with E-state index in [1.54, 1.807) is 31.3 Å². The maximum absolute atomic E-state index is 13.2. The summed E-state index contributed by atoms with van der Waals surface area (Å²) in [4.78, 5) is 14.2. The molecule has 1 heterocycles. The second-order valence-electron chi connectivity index (χ2n) is 6.30. The highest BCUT2D eigenvalue weighted by molar-refractivity contribution is 5.74. The van der Waals surface area contributed by atoms with Gasteiger partial charge in [-0.2, -0.15) is 0 Å². The molecule has 1 aliphatic heterocycles. The van der Waals surface area contributed by atoms with Crippen molar-refractivity contribution in [1.82, 2.24) is 10.2 Å². The minimum Gasteiger partial charge on any atom is -0.493 e. The van der Waals surface area contributed by atoms with Crippen molar-refractivity contribution in [2.24, 2.45) is 0 Å². The van der Waals surface area contributed by atoms with Crippen molar-refractivity contribution in [2.75, 3.05) is 27.3 Å². The zero-order chi connectivity index (χ0) is 18.5. The largest absolute Gasteiger partial charge is 0.493 e. The number of benzene rings is 2. The molecule has 1 atom stereocenters. The maximum atomic E-state index is 13.2. The Kier molecular flexibility index (Phi) is 5.61. The van der Waals surface area contributed by atoms with Crippen molar-refractivity contribution < 1.29 is 18.7 Å². The SMILES string of the molecule is COc1cccc(C2CCN(C(=O)NCc3cccc(F)c3)C2)c1OC. The normalized spacial score (nSPS) is 16.4. The fourth-order valence-corrected chi connectivity index (χ4v) is 3.37. The zero-order valence-electron chi connectivity index (χ0n) is 15.0. The minimum absolute atomic E-state index is 0.140. The summed E-state index contributed by atoms with van der Waals surface area (Å²) in [6, 6.07) is 11.9. The van der Waals surface area contributed by atoms with Crippen LogP contribution in [-0.4, -0.2) is 38.2 Å². The lowest BCUT2D eigenvalue weighted by Gasteiger charge is -2.19. The number of carbonyl (C=O) groups is 1. The summed E-state index contributed by atoms with van der Waals surface area (Å²) in [6.45, 7) is 1.58. The van der Waals surface area contributed by atoms with E-state index in [-0.39, 0.29) is 17.8 Å². The van der Waals surface area contributed by atoms with Gasteiger partial charge in [-0.15, -0.1) is 0 Å². The standard InChI is InChI=1S/C20H23FN2O3/c1-25-18-8-4-7-17(19(18)26-2)15-9-10-23(13-15)20(24)22-12-14-5-3-6-16(21)11-14/h3-8,11,15H,9-10,12-13H2,1-2H3,(H,22,24). The number of nitrogens with one attached hydrogen (secondary N) is 1. The molecule has 1 N–H and O–H groups in total. The molecule has 0 saturated carbocycles. The van der Waals surface area contributed by atoms with Gasteiger partial charge in [0.2, 0.25) is 0 Å². The Labute approximate surface area is 152 Å². The second-order valence-corrected chi connectivity index (χ2v) is 6.30. The first-order valence-electron chi connectivity index (χ1n) is 8.60. The third-order valence-electron chi connectivity index (χ3n) is 4.68. The summed E-state index contributed by atoms with van der Waals surface area (Å²) in [5.41, 5.74) is 1.79. The molecule has 6 heteroatoms. The van der Waals surface area contributed by atoms with Crippen LogP contribution >= 0.6 is 0 Å². The van der Waals surface area contributed by atoms with Gasteiger partial charge in [0.1, 0.15) is 5.82 Å². The molecule has 1 unspecified atom stereocenters. The number of carbonyl (C=O) groups excluding carboxylic acids is 1. The smallest absolute Gasteiger partial charge is 0.317 e. The lowest BCUT2D eigenvalue weighted by Crippen LogP contribution is -2.38. The van der Waals surface area contributed by atoms with Crippen molar-refractivity contribution in [2.45, 2.75) is 18.9 Å². The van der Waals surface area contributed by atoms with E-state index in [1.807, 2.05) is 18.2 Å². The van der Waals surface area contributed by atoms with Crippen molar-refractivity contribution >= 4 is 6.03 Å². The van der Waals surface area contributed by atoms with Crippen molar-refractivity contribution in [3.8, 4) is 11.5 Å². The van der Waals surface area contributed by atoms with Crippen LogP contribution in [0.15, 0.2) is 42.5 Å². The molecule has 0 aliphatic carbocycles. The minimum atomic E-state index is -0.303. The fraction of sp³-hybridized carbons (Fsp3) is 0.350. The number of hydrogen-bond donors (Lipinski definition) is 1. The predicted molar refractivity (Wildman–Crippen MR) is 97.1 cm³/mol. The summed E-state index contributed by atoms with van der Waals surface area (Å²) >= 11 is 0. The molecule has 5 nitrogen and oxygen atoms in total. The number of likely N-dealkylation sites (tertiary alicyclic amines) is 1. The van der Waals surface area contributed by atoms with Crippen LogP contribution in [0.4, 0.5) is 9.18 Å². The number of halogens is 1. The molecule has 2 amide bonds. The number of rotatable bonds is 5. The number of methoxy groups -OCH3 is 2. The van der Waals surface area contributed by atoms with Gasteiger partial charge in [0.15, 0.2) is 11.5 Å². The molecule has 2 aromatic carbocycles. The van der Waals surface area contributed by atoms with E-state index in [0.29, 0.717) is 25.4 Å². The molecule has 1 saturated heterocycles. The molecular formula is C20H23FN2O3. The molecule has 2 aromatic rings. The van der Waals surface area contributed by atoms with Gasteiger partial charge < -0.3 is 19.7 Å². The summed E-state index contributed by atoms with van der Waals surface area (Å²) in [5.74, 6) is 1.31. The van der Waals surface area contributed by atoms with E-state index < -0.39 is 0 Å². The molecule has 1 aliphatic rings. The molecule has 26 heavy (non-hydrogen) atoms. The summed E-state index contributed by atoms with van der Waals surface area (Å²) in [5, 5.41) is 2.86. The van der Waals surface area contributed by atoms with Gasteiger partial charge in [0.05, 0.1) is 14.2 Å². The molecule has 0 spiro atoms. The quantitative estimate of drug-likeness (QED) is 0.889. The van der Waals surface area contributed by atoms with E-state index >= 15 is 0 Å². The first-order valence-corrected chi connectivity index (χ1v) is 8.60. The average molecular weight is 358 g/mol. The van der Waals surface area contributed by atoms with Gasteiger partial charge in [-0.3, -0.25) is 0 Å². The Hall–Kier alpha value is -2.76. The Bertz CT molecular complexity index is 781. The summed E-state index contributed by atoms with van der Waals surface area (Å²) in [7, 11) is 3.24. The molecular weight excluding hydrogens is 335 g/mol. The molecule has 3 rings (SSSR count). The van der Waals surface area contributed by atoms with Gasteiger partial charge >= 0.3 is 6.03 Å². The summed E-state index contributed by atoms with van der Waals surface area (Å²) in [6.07, 6.45) is 0.858. The Morgan fingerprint density at radius 1 is 1.23 bits per heavy atom. The topological polar surface area (TPSA) is 50.8 Å². The molecule has 0 bridgehead atoms. The average Bonchev–Trinajstić information content (AvgIpc) is 3.15. The number of nitrogens with zero attached hydrogens (tertiary/aromatic N) is 1. The van der Waals surface area contributed by atoms with Crippen LogP contribution in [-0.2, 0) is 6.54 Å². The highest BCUT2D eigenvalue weighted by Crippen LogP contribution is 2.39. The number of urea groups is 1. The van der Waals surface area contributed by atoms with Crippen LogP contribution in [0.3, 0.4) is 0 Å². The predicted octanol–water partition coefficient (Wildman–Crippen LogP) is 3.54. The third kappa shape index (κ3) is 3.90. The van der Waals surface area contributed by atoms with Gasteiger partial charge in [-0.25, -0.2) is 9.18 Å². The van der Waals surface area contributed by atoms with Crippen molar-refractivity contribution in [3.63, 3.8) is 0 Å². The third-order valence-corrected chi connectivity index (χ3v) is 4.68. The fourth-order valence-electron chi connectivity index (χ4n) is 3.37. The van der Waals surface area contributed by atoms with Crippen molar-refractivity contribution in [3.05, 3.63) is 59.4 Å². The number of hydrogen-bond acceptors (Lipinski definition) is 3. The molecule has 138 valence electrons. The number of amides is 2. The molecule has 1 fully saturated rings. The van der Waals surface area contributed by atoms with Gasteiger partial charge in [-0.05, 0) is 30.2 Å². The van der Waals surface area contributed by atoms with Crippen LogP contribution < -0.4 is 14.8 Å². The lowest BCUT2D eigenvalue weighted by atomic mass is 9.97. The van der Waals surface area contributed by atoms with Crippen LogP contribution in [0.25, 0.3) is 0 Å². The highest BCUT2D eigenvalue weighted by atomic mass is 19.1. The molecule has 0 radical (unpaired) electrons. The van der Waals surface area contributed by atoms with Gasteiger partial charge in [0, 0.05) is 31.1 Å². The van der Waals surface area contributed by atoms with Crippen LogP contribution in [0, 0.1) is 5.82 Å². The first kappa shape index (κ1) is 18.0. The van der Waals surface area contributed by atoms with Crippen molar-refractivity contribution in [1.29, 1.82) is 0 Å². The van der Waals surface area contributed by atoms with Crippen LogP contribution in [0.5, 0.6) is 11.5 Å². The zero-order valence-corrected chi connectivity index (χ0v) is 15.0. The first-order chi connectivity index (χ1) is 12.6. The summed E-state index contributed by atoms with van der Waals surface area (Å²) < 4.78 is 24.1. The van der Waals surface area contributed by atoms with Gasteiger partial charge in [0.25, 0.3) is 0 Å². The highest BCUT2D eigenvalue weighted by Gasteiger charge is 2.29. The van der Waals surface area contributed by atoms with Crippen LogP contribution in [0.1, 0.15) is 23.5 Å². The monoisotopic (exact) mass is 358 g/mol. The number of para-hydroxylation sites is 1. The Morgan fingerprint density at radius 2 is 2.04 bits per heavy atom. The van der Waals surface area contributed by atoms with Gasteiger partial charge in [-0.1, -0.05) is 24.3 Å². The maximum Gasteiger partial charge on any atom is 0.317 e. The van der Waals surface area contributed by atoms with E-state index in [9.17, 15) is 9.18 Å². The number of ether oxygens (including phenoxy) is 2. The molecule has 0 aromatic heterocycles. The van der Waals surface area contributed by atoms with E-state index in [0.717, 1.165) is 23.3 Å². The van der Waals surface area contributed by atoms with E-state index in [4.69, 9.17) is 9.47 Å². The lowest BCUT2D eigenvalue weighted by molar-refractivity contribution is 0.207. The van der Waals surface area contributed by atoms with E-state index in [2.05, 4.69) is 5.32 Å².